The molecule has 24 heavy (non-hydrogen) atoms. The summed E-state index contributed by atoms with van der Waals surface area (Å²) >= 11 is 1.76. The Morgan fingerprint density at radius 3 is 2.75 bits per heavy atom. The topological polar surface area (TPSA) is 46.9 Å². The smallest absolute Gasteiger partial charge is 0.272 e. The molecular formula is C19H17N3OS. The molecule has 1 aliphatic heterocycles. The second-order valence-electron chi connectivity index (χ2n) is 5.75. The van der Waals surface area contributed by atoms with E-state index >= 15 is 0 Å². The van der Waals surface area contributed by atoms with Gasteiger partial charge in [-0.1, -0.05) is 48.5 Å². The molecule has 0 radical (unpaired) electrons. The standard InChI is InChI=1S/C19H17N3OS/c1-22-18-14-9-5-6-10-16(14)24-12-15(18)17(21-22)19(23)20-11-13-7-3-2-4-8-13/h2-10H,11-12H2,1H3,(H,20,23). The Hall–Kier alpha value is -2.53. The van der Waals surface area contributed by atoms with Crippen molar-refractivity contribution in [3.8, 4) is 11.3 Å². The Bertz CT molecular complexity index is 902. The Balaban J connectivity index is 1.63. The zero-order valence-electron chi connectivity index (χ0n) is 13.3. The zero-order chi connectivity index (χ0) is 16.5. The van der Waals surface area contributed by atoms with Gasteiger partial charge < -0.3 is 5.32 Å². The first-order chi connectivity index (χ1) is 11.7. The van der Waals surface area contributed by atoms with E-state index in [1.165, 1.54) is 4.90 Å². The van der Waals surface area contributed by atoms with Crippen LogP contribution in [0.3, 0.4) is 0 Å². The highest BCUT2D eigenvalue weighted by Crippen LogP contribution is 2.42. The van der Waals surface area contributed by atoms with Gasteiger partial charge in [0, 0.05) is 35.4 Å². The van der Waals surface area contributed by atoms with E-state index in [0.29, 0.717) is 12.2 Å². The number of carbonyl (C=O) groups is 1. The van der Waals surface area contributed by atoms with Crippen LogP contribution >= 0.6 is 11.8 Å². The molecule has 2 aromatic carbocycles. The molecule has 0 bridgehead atoms. The van der Waals surface area contributed by atoms with E-state index in [1.807, 2.05) is 54.2 Å². The monoisotopic (exact) mass is 335 g/mol. The average Bonchev–Trinajstić information content (AvgIpc) is 2.98. The summed E-state index contributed by atoms with van der Waals surface area (Å²) in [5.74, 6) is 0.657. The number of aryl methyl sites for hydroxylation is 1. The number of hydrogen-bond acceptors (Lipinski definition) is 3. The second kappa shape index (κ2) is 6.17. The van der Waals surface area contributed by atoms with Gasteiger partial charge in [0.25, 0.3) is 5.91 Å². The van der Waals surface area contributed by atoms with Gasteiger partial charge in [-0.3, -0.25) is 9.48 Å². The third kappa shape index (κ3) is 2.61. The van der Waals surface area contributed by atoms with Gasteiger partial charge in [-0.25, -0.2) is 0 Å². The zero-order valence-corrected chi connectivity index (χ0v) is 14.1. The lowest BCUT2D eigenvalue weighted by Crippen LogP contribution is -2.24. The first-order valence-electron chi connectivity index (χ1n) is 7.84. The molecule has 0 atom stereocenters. The van der Waals surface area contributed by atoms with Crippen molar-refractivity contribution in [1.29, 1.82) is 0 Å². The van der Waals surface area contributed by atoms with Crippen molar-refractivity contribution < 1.29 is 4.79 Å². The van der Waals surface area contributed by atoms with E-state index < -0.39 is 0 Å². The Morgan fingerprint density at radius 1 is 1.17 bits per heavy atom. The second-order valence-corrected chi connectivity index (χ2v) is 6.77. The molecule has 0 aliphatic carbocycles. The average molecular weight is 335 g/mol. The molecule has 1 aliphatic rings. The molecule has 1 amide bonds. The van der Waals surface area contributed by atoms with Gasteiger partial charge in [-0.15, -0.1) is 11.8 Å². The number of fused-ring (bicyclic) bond motifs is 3. The van der Waals surface area contributed by atoms with Crippen LogP contribution in [0.1, 0.15) is 21.6 Å². The van der Waals surface area contributed by atoms with E-state index in [1.54, 1.807) is 11.8 Å². The predicted octanol–water partition coefficient (Wildman–Crippen LogP) is 3.62. The molecule has 0 unspecified atom stereocenters. The van der Waals surface area contributed by atoms with Crippen molar-refractivity contribution in [3.05, 3.63) is 71.4 Å². The summed E-state index contributed by atoms with van der Waals surface area (Å²) in [6.45, 7) is 0.509. The van der Waals surface area contributed by atoms with Crippen molar-refractivity contribution >= 4 is 17.7 Å². The lowest BCUT2D eigenvalue weighted by Gasteiger charge is -2.16. The van der Waals surface area contributed by atoms with Crippen LogP contribution in [0.5, 0.6) is 0 Å². The maximum Gasteiger partial charge on any atom is 0.272 e. The molecule has 1 aromatic heterocycles. The van der Waals surface area contributed by atoms with Crippen LogP contribution in [0.4, 0.5) is 0 Å². The first-order valence-corrected chi connectivity index (χ1v) is 8.83. The largest absolute Gasteiger partial charge is 0.347 e. The third-order valence-corrected chi connectivity index (χ3v) is 5.27. The Labute approximate surface area is 144 Å². The summed E-state index contributed by atoms with van der Waals surface area (Å²) in [5, 5.41) is 7.47. The maximum absolute atomic E-state index is 12.6. The van der Waals surface area contributed by atoms with Crippen LogP contribution in [0, 0.1) is 0 Å². The number of nitrogens with zero attached hydrogens (tertiary/aromatic N) is 2. The normalized spacial score (nSPS) is 12.4. The predicted molar refractivity (Wildman–Crippen MR) is 95.8 cm³/mol. The van der Waals surface area contributed by atoms with Gasteiger partial charge in [-0.05, 0) is 11.6 Å². The fourth-order valence-electron chi connectivity index (χ4n) is 3.02. The fourth-order valence-corrected chi connectivity index (χ4v) is 4.09. The molecule has 3 aromatic rings. The minimum absolute atomic E-state index is 0.115. The van der Waals surface area contributed by atoms with Crippen molar-refractivity contribution in [3.63, 3.8) is 0 Å². The van der Waals surface area contributed by atoms with Crippen LogP contribution < -0.4 is 5.32 Å². The molecular weight excluding hydrogens is 318 g/mol. The Kier molecular flexibility index (Phi) is 3.86. The minimum atomic E-state index is -0.115. The number of thioether (sulfide) groups is 1. The van der Waals surface area contributed by atoms with Crippen LogP contribution in [-0.4, -0.2) is 15.7 Å². The molecule has 4 rings (SSSR count). The van der Waals surface area contributed by atoms with Gasteiger partial charge >= 0.3 is 0 Å². The quantitative estimate of drug-likeness (QED) is 0.795. The van der Waals surface area contributed by atoms with E-state index in [0.717, 1.165) is 28.1 Å². The van der Waals surface area contributed by atoms with Crippen molar-refractivity contribution in [2.45, 2.75) is 17.2 Å². The third-order valence-electron chi connectivity index (χ3n) is 4.17. The van der Waals surface area contributed by atoms with Gasteiger partial charge in [0.1, 0.15) is 0 Å². The molecule has 0 spiro atoms. The molecule has 120 valence electrons. The maximum atomic E-state index is 12.6. The Morgan fingerprint density at radius 2 is 1.92 bits per heavy atom. The number of nitrogens with one attached hydrogen (secondary N) is 1. The van der Waals surface area contributed by atoms with Crippen LogP contribution in [-0.2, 0) is 19.3 Å². The number of hydrogen-bond donors (Lipinski definition) is 1. The van der Waals surface area contributed by atoms with E-state index in [9.17, 15) is 4.79 Å². The number of aromatic nitrogens is 2. The van der Waals surface area contributed by atoms with E-state index in [-0.39, 0.29) is 5.91 Å². The highest BCUT2D eigenvalue weighted by atomic mass is 32.2. The summed E-state index contributed by atoms with van der Waals surface area (Å²) < 4.78 is 1.82. The van der Waals surface area contributed by atoms with Gasteiger partial charge in [0.2, 0.25) is 0 Å². The summed E-state index contributed by atoms with van der Waals surface area (Å²) in [7, 11) is 1.90. The summed E-state index contributed by atoms with van der Waals surface area (Å²) in [5.41, 5.74) is 4.84. The molecule has 0 saturated heterocycles. The molecule has 4 nitrogen and oxygen atoms in total. The van der Waals surface area contributed by atoms with Crippen molar-refractivity contribution in [2.24, 2.45) is 7.05 Å². The van der Waals surface area contributed by atoms with Gasteiger partial charge in [-0.2, -0.15) is 5.10 Å². The fraction of sp³-hybridized carbons (Fsp3) is 0.158. The SMILES string of the molecule is Cn1nc(C(=O)NCc2ccccc2)c2c1-c1ccccc1SC2. The van der Waals surface area contributed by atoms with Gasteiger partial charge in [0.15, 0.2) is 5.69 Å². The summed E-state index contributed by atoms with van der Waals surface area (Å²) in [6.07, 6.45) is 0. The van der Waals surface area contributed by atoms with Gasteiger partial charge in [0.05, 0.1) is 5.69 Å². The number of amides is 1. The molecule has 1 N–H and O–H groups in total. The lowest BCUT2D eigenvalue weighted by atomic mass is 10.1. The highest BCUT2D eigenvalue weighted by molar-refractivity contribution is 7.98. The number of benzene rings is 2. The summed E-state index contributed by atoms with van der Waals surface area (Å²) in [4.78, 5) is 13.9. The van der Waals surface area contributed by atoms with E-state index in [2.05, 4.69) is 22.5 Å². The van der Waals surface area contributed by atoms with Crippen molar-refractivity contribution in [2.75, 3.05) is 0 Å². The van der Waals surface area contributed by atoms with Crippen LogP contribution in [0.2, 0.25) is 0 Å². The van der Waals surface area contributed by atoms with Crippen LogP contribution in [0.25, 0.3) is 11.3 Å². The first kappa shape index (κ1) is 15.0. The minimum Gasteiger partial charge on any atom is -0.347 e. The lowest BCUT2D eigenvalue weighted by molar-refractivity contribution is 0.0944. The number of rotatable bonds is 3. The van der Waals surface area contributed by atoms with Crippen LogP contribution in [0.15, 0.2) is 59.5 Å². The molecule has 2 heterocycles. The van der Waals surface area contributed by atoms with Crippen molar-refractivity contribution in [1.82, 2.24) is 15.1 Å². The molecule has 0 saturated carbocycles. The molecule has 0 fully saturated rings. The number of carbonyl (C=O) groups excluding carboxylic acids is 1. The molecule has 5 heteroatoms. The highest BCUT2D eigenvalue weighted by Gasteiger charge is 2.27. The van der Waals surface area contributed by atoms with E-state index in [4.69, 9.17) is 0 Å². The summed E-state index contributed by atoms with van der Waals surface area (Å²) in [6, 6.07) is 18.2.